The number of anilines is 1. The molecule has 0 bridgehead atoms. The zero-order chi connectivity index (χ0) is 21.3. The lowest BCUT2D eigenvalue weighted by Gasteiger charge is -2.24. The van der Waals surface area contributed by atoms with Crippen molar-refractivity contribution in [3.8, 4) is 5.75 Å². The van der Waals surface area contributed by atoms with Crippen LogP contribution in [0.25, 0.3) is 0 Å². The highest BCUT2D eigenvalue weighted by atomic mass is 79.9. The molecule has 30 heavy (non-hydrogen) atoms. The van der Waals surface area contributed by atoms with Gasteiger partial charge in [-0.3, -0.25) is 5.01 Å². The Morgan fingerprint density at radius 3 is 2.20 bits per heavy atom. The van der Waals surface area contributed by atoms with Gasteiger partial charge in [-0.25, -0.2) is 13.6 Å². The monoisotopic (exact) mass is 485 g/mol. The fourth-order valence-electron chi connectivity index (χ4n) is 3.44. The van der Waals surface area contributed by atoms with Crippen LogP contribution in [0.1, 0.15) is 23.6 Å². The van der Waals surface area contributed by atoms with Gasteiger partial charge in [-0.05, 0) is 59.7 Å². The highest BCUT2D eigenvalue weighted by molar-refractivity contribution is 9.10. The SMILES string of the molecule is COc1ccc(C2CC(c3ccc(Br)cc3)=NN2c2ccc(S(N)(=O)=O)cc2)cc1. The van der Waals surface area contributed by atoms with E-state index in [-0.39, 0.29) is 10.9 Å². The number of nitrogens with two attached hydrogens (primary N) is 1. The van der Waals surface area contributed by atoms with Crippen LogP contribution in [-0.2, 0) is 10.0 Å². The van der Waals surface area contributed by atoms with Gasteiger partial charge in [0.05, 0.1) is 29.4 Å². The summed E-state index contributed by atoms with van der Waals surface area (Å²) in [6, 6.07) is 22.4. The Balaban J connectivity index is 1.73. The molecule has 1 aliphatic heterocycles. The third-order valence-electron chi connectivity index (χ3n) is 5.02. The predicted molar refractivity (Wildman–Crippen MR) is 121 cm³/mol. The average Bonchev–Trinajstić information content (AvgIpc) is 3.19. The molecule has 0 radical (unpaired) electrons. The summed E-state index contributed by atoms with van der Waals surface area (Å²) in [4.78, 5) is 0.0727. The molecule has 154 valence electrons. The van der Waals surface area contributed by atoms with E-state index in [4.69, 9.17) is 15.0 Å². The van der Waals surface area contributed by atoms with Gasteiger partial charge in [0.1, 0.15) is 5.75 Å². The first-order valence-electron chi connectivity index (χ1n) is 9.24. The summed E-state index contributed by atoms with van der Waals surface area (Å²) in [5.74, 6) is 0.787. The lowest BCUT2D eigenvalue weighted by Crippen LogP contribution is -2.19. The average molecular weight is 486 g/mol. The number of halogens is 1. The molecule has 0 amide bonds. The maximum Gasteiger partial charge on any atom is 0.238 e. The van der Waals surface area contributed by atoms with E-state index in [1.54, 1.807) is 19.2 Å². The van der Waals surface area contributed by atoms with Gasteiger partial charge in [0.15, 0.2) is 0 Å². The number of hydrogen-bond donors (Lipinski definition) is 1. The number of sulfonamides is 1. The van der Waals surface area contributed by atoms with Gasteiger partial charge < -0.3 is 4.74 Å². The van der Waals surface area contributed by atoms with Crippen molar-refractivity contribution in [1.82, 2.24) is 0 Å². The molecule has 2 N–H and O–H groups in total. The number of methoxy groups -OCH3 is 1. The lowest BCUT2D eigenvalue weighted by atomic mass is 9.98. The second-order valence-electron chi connectivity index (χ2n) is 6.93. The third-order valence-corrected chi connectivity index (χ3v) is 6.48. The largest absolute Gasteiger partial charge is 0.497 e. The van der Waals surface area contributed by atoms with Crippen molar-refractivity contribution >= 4 is 37.4 Å². The van der Waals surface area contributed by atoms with Gasteiger partial charge in [0, 0.05) is 10.9 Å². The van der Waals surface area contributed by atoms with Crippen molar-refractivity contribution < 1.29 is 13.2 Å². The van der Waals surface area contributed by atoms with Crippen LogP contribution in [0.4, 0.5) is 5.69 Å². The molecule has 1 unspecified atom stereocenters. The van der Waals surface area contributed by atoms with Gasteiger partial charge in [0.25, 0.3) is 0 Å². The quantitative estimate of drug-likeness (QED) is 0.577. The van der Waals surface area contributed by atoms with Crippen molar-refractivity contribution in [2.45, 2.75) is 17.4 Å². The topological polar surface area (TPSA) is 85.0 Å². The first-order chi connectivity index (χ1) is 14.3. The third kappa shape index (κ3) is 4.26. The minimum atomic E-state index is -3.75. The number of hydrogen-bond acceptors (Lipinski definition) is 5. The molecule has 6 nitrogen and oxygen atoms in total. The van der Waals surface area contributed by atoms with Crippen LogP contribution < -0.4 is 14.9 Å². The first kappa shape index (κ1) is 20.6. The van der Waals surface area contributed by atoms with Gasteiger partial charge in [-0.15, -0.1) is 0 Å². The molecule has 3 aromatic rings. The van der Waals surface area contributed by atoms with Gasteiger partial charge in [0.2, 0.25) is 10.0 Å². The molecule has 0 aliphatic carbocycles. The van der Waals surface area contributed by atoms with E-state index < -0.39 is 10.0 Å². The lowest BCUT2D eigenvalue weighted by molar-refractivity contribution is 0.414. The summed E-state index contributed by atoms with van der Waals surface area (Å²) in [5.41, 5.74) is 3.87. The van der Waals surface area contributed by atoms with Crippen LogP contribution in [0.5, 0.6) is 5.75 Å². The van der Waals surface area contributed by atoms with E-state index in [1.165, 1.54) is 12.1 Å². The number of ether oxygens (including phenoxy) is 1. The maximum atomic E-state index is 11.6. The van der Waals surface area contributed by atoms with Gasteiger partial charge in [-0.2, -0.15) is 5.10 Å². The fourth-order valence-corrected chi connectivity index (χ4v) is 4.22. The van der Waals surface area contributed by atoms with Crippen LogP contribution in [0.15, 0.2) is 87.3 Å². The van der Waals surface area contributed by atoms with Crippen LogP contribution in [0.3, 0.4) is 0 Å². The molecule has 4 rings (SSSR count). The molecule has 0 saturated carbocycles. The predicted octanol–water partition coefficient (Wildman–Crippen LogP) is 4.46. The molecule has 0 saturated heterocycles. The highest BCUT2D eigenvalue weighted by Gasteiger charge is 2.30. The van der Waals surface area contributed by atoms with Crippen LogP contribution in [0, 0.1) is 0 Å². The summed E-state index contributed by atoms with van der Waals surface area (Å²) in [6.45, 7) is 0. The number of primary sulfonamides is 1. The van der Waals surface area contributed by atoms with E-state index in [9.17, 15) is 8.42 Å². The zero-order valence-corrected chi connectivity index (χ0v) is 18.6. The maximum absolute atomic E-state index is 11.6. The van der Waals surface area contributed by atoms with E-state index in [1.807, 2.05) is 53.5 Å². The molecule has 1 heterocycles. The molecule has 0 fully saturated rings. The summed E-state index contributed by atoms with van der Waals surface area (Å²) in [6.07, 6.45) is 0.713. The first-order valence-corrected chi connectivity index (χ1v) is 11.6. The van der Waals surface area contributed by atoms with Crippen LogP contribution in [0.2, 0.25) is 0 Å². The molecule has 8 heteroatoms. The Hall–Kier alpha value is -2.68. The normalized spacial score (nSPS) is 16.4. The Morgan fingerprint density at radius 1 is 1.00 bits per heavy atom. The molecule has 0 spiro atoms. The Labute approximate surface area is 184 Å². The molecular weight excluding hydrogens is 466 g/mol. The summed E-state index contributed by atoms with van der Waals surface area (Å²) in [7, 11) is -2.11. The smallest absolute Gasteiger partial charge is 0.238 e. The second-order valence-corrected chi connectivity index (χ2v) is 9.41. The molecule has 3 aromatic carbocycles. The number of nitrogens with zero attached hydrogens (tertiary/aromatic N) is 2. The van der Waals surface area contributed by atoms with Crippen molar-refractivity contribution in [2.75, 3.05) is 12.1 Å². The minimum absolute atomic E-state index is 0.0325. The molecule has 0 aromatic heterocycles. The van der Waals surface area contributed by atoms with Crippen LogP contribution >= 0.6 is 15.9 Å². The van der Waals surface area contributed by atoms with E-state index >= 15 is 0 Å². The van der Waals surface area contributed by atoms with Gasteiger partial charge >= 0.3 is 0 Å². The Morgan fingerprint density at radius 2 is 1.63 bits per heavy atom. The number of benzene rings is 3. The molecular formula is C22H20BrN3O3S. The molecule has 1 atom stereocenters. The van der Waals surface area contributed by atoms with Crippen molar-refractivity contribution in [3.63, 3.8) is 0 Å². The zero-order valence-electron chi connectivity index (χ0n) is 16.2. The van der Waals surface area contributed by atoms with E-state index in [0.29, 0.717) is 6.42 Å². The Kier molecular flexibility index (Phi) is 5.64. The summed E-state index contributed by atoms with van der Waals surface area (Å²) >= 11 is 3.47. The van der Waals surface area contributed by atoms with Crippen LogP contribution in [-0.4, -0.2) is 21.2 Å². The number of hydrazone groups is 1. The Bertz CT molecular complexity index is 1180. The number of rotatable bonds is 5. The summed E-state index contributed by atoms with van der Waals surface area (Å²) < 4.78 is 29.5. The van der Waals surface area contributed by atoms with Gasteiger partial charge in [-0.1, -0.05) is 40.2 Å². The van der Waals surface area contributed by atoms with Crippen molar-refractivity contribution in [3.05, 3.63) is 88.4 Å². The second kappa shape index (κ2) is 8.22. The van der Waals surface area contributed by atoms with E-state index in [0.717, 1.165) is 32.7 Å². The highest BCUT2D eigenvalue weighted by Crippen LogP contribution is 2.37. The van der Waals surface area contributed by atoms with E-state index in [2.05, 4.69) is 15.9 Å². The molecule has 1 aliphatic rings. The van der Waals surface area contributed by atoms with Crippen molar-refractivity contribution in [2.24, 2.45) is 10.2 Å². The van der Waals surface area contributed by atoms with Crippen molar-refractivity contribution in [1.29, 1.82) is 0 Å². The standard InChI is InChI=1S/C22H20BrN3O3S/c1-29-19-10-4-16(5-11-19)22-14-21(15-2-6-17(23)7-3-15)25-26(22)18-8-12-20(13-9-18)30(24,27)28/h2-13,22H,14H2,1H3,(H2,24,27,28). The summed E-state index contributed by atoms with van der Waals surface area (Å²) in [5, 5.41) is 12.0. The minimum Gasteiger partial charge on any atom is -0.497 e. The fraction of sp³-hybridized carbons (Fsp3) is 0.136.